The molecule has 0 spiro atoms. The standard InChI is InChI=1S/C6H14AsO2/c1-2-7(3-5-8)4-6-9/h8-9H,1-6H2. The van der Waals surface area contributed by atoms with Gasteiger partial charge in [-0.15, -0.1) is 0 Å². The van der Waals surface area contributed by atoms with E-state index in [2.05, 4.69) is 6.92 Å². The Hall–Kier alpha value is 0.478. The maximum absolute atomic E-state index is 8.52. The Balaban J connectivity index is 3.18. The van der Waals surface area contributed by atoms with Crippen molar-refractivity contribution in [3.8, 4) is 0 Å². The normalized spacial score (nSPS) is 10.7. The average Bonchev–Trinajstić information content (AvgIpc) is 1.88. The van der Waals surface area contributed by atoms with Gasteiger partial charge >= 0.3 is 60.6 Å². The quantitative estimate of drug-likeness (QED) is 0.616. The molecule has 0 aliphatic carbocycles. The van der Waals surface area contributed by atoms with E-state index in [0.29, 0.717) is 0 Å². The molecule has 0 aromatic carbocycles. The van der Waals surface area contributed by atoms with Crippen molar-refractivity contribution in [2.45, 2.75) is 15.6 Å². The Bertz CT molecular complexity index is 53.0. The van der Waals surface area contributed by atoms with Crippen LogP contribution in [0.2, 0.25) is 15.6 Å². The Labute approximate surface area is 61.2 Å². The molecule has 0 heterocycles. The van der Waals surface area contributed by atoms with Crippen LogP contribution in [-0.4, -0.2) is 38.1 Å². The predicted octanol–water partition coefficient (Wildman–Crippen LogP) is 0.300. The summed E-state index contributed by atoms with van der Waals surface area (Å²) in [5, 5.41) is 19.8. The first-order valence-electron chi connectivity index (χ1n) is 3.08. The van der Waals surface area contributed by atoms with Crippen LogP contribution in [0.25, 0.3) is 0 Å². The molecule has 0 aliphatic heterocycles. The van der Waals surface area contributed by atoms with Crippen LogP contribution in [0, 0.1) is 6.92 Å². The molecule has 55 valence electrons. The van der Waals surface area contributed by atoms with E-state index in [0.717, 1.165) is 15.6 Å². The van der Waals surface area contributed by atoms with E-state index in [-0.39, 0.29) is 13.2 Å². The van der Waals surface area contributed by atoms with Crippen LogP contribution in [0.3, 0.4) is 0 Å². The van der Waals surface area contributed by atoms with Crippen molar-refractivity contribution in [1.29, 1.82) is 0 Å². The number of rotatable bonds is 5. The van der Waals surface area contributed by atoms with Crippen molar-refractivity contribution in [3.05, 3.63) is 6.92 Å². The van der Waals surface area contributed by atoms with Crippen LogP contribution in [0.5, 0.6) is 0 Å². The first kappa shape index (κ1) is 9.48. The van der Waals surface area contributed by atoms with E-state index < -0.39 is 14.7 Å². The van der Waals surface area contributed by atoms with E-state index >= 15 is 0 Å². The number of hydrogen-bond donors (Lipinski definition) is 2. The minimum absolute atomic E-state index is 0.273. The Kier molecular flexibility index (Phi) is 6.95. The van der Waals surface area contributed by atoms with Gasteiger partial charge in [-0.3, -0.25) is 0 Å². The van der Waals surface area contributed by atoms with Gasteiger partial charge in [0.25, 0.3) is 0 Å². The molecule has 3 heteroatoms. The SMILES string of the molecule is [CH2]C[As](CCO)CCO. The molecule has 0 unspecified atom stereocenters. The molecule has 0 aromatic rings. The van der Waals surface area contributed by atoms with E-state index in [9.17, 15) is 0 Å². The van der Waals surface area contributed by atoms with Crippen molar-refractivity contribution in [3.63, 3.8) is 0 Å². The summed E-state index contributed by atoms with van der Waals surface area (Å²) in [5.74, 6) is 0. The second-order valence-electron chi connectivity index (χ2n) is 1.79. The van der Waals surface area contributed by atoms with Crippen LogP contribution < -0.4 is 0 Å². The molecule has 0 atom stereocenters. The predicted molar refractivity (Wildman–Crippen MR) is 39.7 cm³/mol. The first-order valence-corrected chi connectivity index (χ1v) is 7.06. The van der Waals surface area contributed by atoms with Gasteiger partial charge < -0.3 is 0 Å². The van der Waals surface area contributed by atoms with Crippen LogP contribution in [0.15, 0.2) is 0 Å². The third-order valence-corrected chi connectivity index (χ3v) is 5.97. The minimum atomic E-state index is -0.885. The zero-order chi connectivity index (χ0) is 7.11. The summed E-state index contributed by atoms with van der Waals surface area (Å²) in [6.45, 7) is 4.31. The summed E-state index contributed by atoms with van der Waals surface area (Å²) in [6, 6.07) is 0. The Morgan fingerprint density at radius 1 is 1.11 bits per heavy atom. The van der Waals surface area contributed by atoms with Gasteiger partial charge in [0.1, 0.15) is 0 Å². The van der Waals surface area contributed by atoms with E-state index in [1.807, 2.05) is 0 Å². The number of aliphatic hydroxyl groups excluding tert-OH is 2. The maximum atomic E-state index is 8.52. The second-order valence-corrected chi connectivity index (χ2v) is 7.42. The molecule has 1 radical (unpaired) electrons. The molecule has 0 saturated heterocycles. The molecule has 9 heavy (non-hydrogen) atoms. The molecular weight excluding hydrogens is 179 g/mol. The third-order valence-electron chi connectivity index (χ3n) is 1.15. The van der Waals surface area contributed by atoms with Gasteiger partial charge in [-0.05, 0) is 0 Å². The summed E-state index contributed by atoms with van der Waals surface area (Å²) in [7, 11) is 0. The molecule has 0 bridgehead atoms. The van der Waals surface area contributed by atoms with Crippen LogP contribution in [0.1, 0.15) is 0 Å². The molecule has 2 nitrogen and oxygen atoms in total. The van der Waals surface area contributed by atoms with Crippen LogP contribution in [-0.2, 0) is 0 Å². The molecule has 2 N–H and O–H groups in total. The average molecular weight is 193 g/mol. The third kappa shape index (κ3) is 4.95. The topological polar surface area (TPSA) is 40.5 Å². The van der Waals surface area contributed by atoms with E-state index in [1.54, 1.807) is 0 Å². The van der Waals surface area contributed by atoms with Gasteiger partial charge in [-0.1, -0.05) is 0 Å². The zero-order valence-corrected chi connectivity index (χ0v) is 7.46. The number of hydrogen-bond acceptors (Lipinski definition) is 2. The fourth-order valence-corrected chi connectivity index (χ4v) is 3.21. The van der Waals surface area contributed by atoms with Crippen molar-refractivity contribution < 1.29 is 10.2 Å². The molecule has 0 aromatic heterocycles. The molecule has 0 amide bonds. The van der Waals surface area contributed by atoms with Crippen molar-refractivity contribution in [1.82, 2.24) is 0 Å². The Morgan fingerprint density at radius 2 is 1.56 bits per heavy atom. The summed E-state index contributed by atoms with van der Waals surface area (Å²) in [6.07, 6.45) is 0. The fourth-order valence-electron chi connectivity index (χ4n) is 0.618. The molecule has 0 aliphatic rings. The van der Waals surface area contributed by atoms with Gasteiger partial charge in [-0.25, -0.2) is 0 Å². The first-order chi connectivity index (χ1) is 4.35. The molecular formula is C6H14AsO2. The van der Waals surface area contributed by atoms with Gasteiger partial charge in [-0.2, -0.15) is 0 Å². The zero-order valence-electron chi connectivity index (χ0n) is 5.58. The fraction of sp³-hybridized carbons (Fsp3) is 0.833. The van der Waals surface area contributed by atoms with E-state index in [1.165, 1.54) is 0 Å². The number of aliphatic hydroxyl groups is 2. The van der Waals surface area contributed by atoms with Crippen molar-refractivity contribution >= 4 is 14.7 Å². The van der Waals surface area contributed by atoms with Crippen molar-refractivity contribution in [2.24, 2.45) is 0 Å². The summed E-state index contributed by atoms with van der Waals surface area (Å²) < 4.78 is 0. The van der Waals surface area contributed by atoms with Gasteiger partial charge in [0.05, 0.1) is 0 Å². The van der Waals surface area contributed by atoms with Gasteiger partial charge in [0.2, 0.25) is 0 Å². The van der Waals surface area contributed by atoms with Crippen molar-refractivity contribution in [2.75, 3.05) is 13.2 Å². The monoisotopic (exact) mass is 193 g/mol. The summed E-state index contributed by atoms with van der Waals surface area (Å²) in [5.41, 5.74) is 0. The van der Waals surface area contributed by atoms with Crippen LogP contribution in [0.4, 0.5) is 0 Å². The Morgan fingerprint density at radius 3 is 1.78 bits per heavy atom. The van der Waals surface area contributed by atoms with Gasteiger partial charge in [0.15, 0.2) is 0 Å². The molecule has 0 rings (SSSR count). The molecule has 0 fully saturated rings. The summed E-state index contributed by atoms with van der Waals surface area (Å²) in [4.78, 5) is 0. The summed E-state index contributed by atoms with van der Waals surface area (Å²) >= 11 is -0.885. The van der Waals surface area contributed by atoms with Crippen LogP contribution >= 0.6 is 0 Å². The van der Waals surface area contributed by atoms with E-state index in [4.69, 9.17) is 10.2 Å². The van der Waals surface area contributed by atoms with Gasteiger partial charge in [0, 0.05) is 0 Å². The molecule has 0 saturated carbocycles. The second kappa shape index (κ2) is 6.60.